The van der Waals surface area contributed by atoms with Gasteiger partial charge in [-0.3, -0.25) is 0 Å². The minimum absolute atomic E-state index is 0.0744. The van der Waals surface area contributed by atoms with Gasteiger partial charge in [-0.05, 0) is 31.5 Å². The van der Waals surface area contributed by atoms with Crippen LogP contribution in [-0.4, -0.2) is 13.2 Å². The van der Waals surface area contributed by atoms with Crippen LogP contribution < -0.4 is 4.74 Å². The molecule has 0 aliphatic heterocycles. The maximum absolute atomic E-state index is 8.95. The lowest BCUT2D eigenvalue weighted by Crippen LogP contribution is -2.07. The van der Waals surface area contributed by atoms with Crippen molar-refractivity contribution < 1.29 is 9.47 Å². The molecule has 0 fully saturated rings. The van der Waals surface area contributed by atoms with Gasteiger partial charge in [0, 0.05) is 7.11 Å². The van der Waals surface area contributed by atoms with E-state index in [9.17, 15) is 0 Å². The lowest BCUT2D eigenvalue weighted by Gasteiger charge is -2.11. The molecule has 0 saturated heterocycles. The molecule has 0 N–H and O–H groups in total. The van der Waals surface area contributed by atoms with Gasteiger partial charge in [0.05, 0.1) is 18.3 Å². The summed E-state index contributed by atoms with van der Waals surface area (Å²) in [4.78, 5) is 0. The Morgan fingerprint density at radius 1 is 1.16 bits per heavy atom. The molecule has 1 rings (SSSR count). The summed E-state index contributed by atoms with van der Waals surface area (Å²) in [5.74, 6) is 0.632. The first kappa shape index (κ1) is 19.8. The third kappa shape index (κ3) is 8.23. The molecular formula is C16H27NO2. The van der Waals surface area contributed by atoms with Crippen LogP contribution in [0.1, 0.15) is 52.7 Å². The van der Waals surface area contributed by atoms with E-state index < -0.39 is 0 Å². The quantitative estimate of drug-likeness (QED) is 0.802. The molecule has 0 spiro atoms. The van der Waals surface area contributed by atoms with Crippen LogP contribution in [0.5, 0.6) is 5.75 Å². The highest BCUT2D eigenvalue weighted by Crippen LogP contribution is 2.20. The highest BCUT2D eigenvalue weighted by molar-refractivity contribution is 5.45. The summed E-state index contributed by atoms with van der Waals surface area (Å²) >= 11 is 0. The predicted octanol–water partition coefficient (Wildman–Crippen LogP) is 4.54. The zero-order valence-electron chi connectivity index (χ0n) is 13.3. The smallest absolute Gasteiger partial charge is 0.137 e. The molecular weight excluding hydrogens is 238 g/mol. The van der Waals surface area contributed by atoms with E-state index in [0.717, 1.165) is 5.56 Å². The Morgan fingerprint density at radius 2 is 1.74 bits per heavy atom. The summed E-state index contributed by atoms with van der Waals surface area (Å²) in [6.07, 6.45) is 0.0744. The van der Waals surface area contributed by atoms with Gasteiger partial charge in [0.25, 0.3) is 0 Å². The van der Waals surface area contributed by atoms with E-state index in [1.54, 1.807) is 13.2 Å². The Bertz CT molecular complexity index is 368. The van der Waals surface area contributed by atoms with Gasteiger partial charge in [-0.2, -0.15) is 5.26 Å². The zero-order chi connectivity index (χ0) is 15.3. The SMILES string of the molecule is CC.CC.COCc1ccc(OC(C)C)c(C#N)c1. The van der Waals surface area contributed by atoms with Crippen molar-refractivity contribution in [2.45, 2.75) is 54.3 Å². The summed E-state index contributed by atoms with van der Waals surface area (Å²) in [6, 6.07) is 7.63. The predicted molar refractivity (Wildman–Crippen MR) is 80.3 cm³/mol. The highest BCUT2D eigenvalue weighted by Gasteiger charge is 2.06. The molecule has 0 saturated carbocycles. The average Bonchev–Trinajstić information content (AvgIpc) is 2.44. The third-order valence-electron chi connectivity index (χ3n) is 1.84. The van der Waals surface area contributed by atoms with Crippen molar-refractivity contribution in [1.82, 2.24) is 0 Å². The molecule has 0 aromatic heterocycles. The Hall–Kier alpha value is -1.53. The Morgan fingerprint density at radius 3 is 2.16 bits per heavy atom. The van der Waals surface area contributed by atoms with Gasteiger partial charge >= 0.3 is 0 Å². The van der Waals surface area contributed by atoms with Gasteiger partial charge in [-0.25, -0.2) is 0 Å². The Balaban J connectivity index is 0. The van der Waals surface area contributed by atoms with Crippen molar-refractivity contribution in [3.63, 3.8) is 0 Å². The van der Waals surface area contributed by atoms with Gasteiger partial charge in [0.15, 0.2) is 0 Å². The van der Waals surface area contributed by atoms with E-state index in [0.29, 0.717) is 17.9 Å². The first-order valence-corrected chi connectivity index (χ1v) is 6.86. The van der Waals surface area contributed by atoms with Gasteiger partial charge in [0.2, 0.25) is 0 Å². The van der Waals surface area contributed by atoms with Crippen LogP contribution >= 0.6 is 0 Å². The molecule has 0 atom stereocenters. The fourth-order valence-corrected chi connectivity index (χ4v) is 1.28. The first-order chi connectivity index (χ1) is 9.17. The molecule has 3 heteroatoms. The molecule has 0 heterocycles. The van der Waals surface area contributed by atoms with Gasteiger partial charge in [-0.1, -0.05) is 33.8 Å². The van der Waals surface area contributed by atoms with E-state index in [-0.39, 0.29) is 6.10 Å². The molecule has 0 amide bonds. The number of rotatable bonds is 4. The lowest BCUT2D eigenvalue weighted by atomic mass is 10.1. The molecule has 0 radical (unpaired) electrons. The molecule has 0 bridgehead atoms. The number of benzene rings is 1. The van der Waals surface area contributed by atoms with Crippen LogP contribution in [0, 0.1) is 11.3 Å². The normalized spacial score (nSPS) is 8.58. The standard InChI is InChI=1S/C12H15NO2.2C2H6/c1-9(2)15-12-5-4-10(8-14-3)6-11(12)7-13;2*1-2/h4-6,9H,8H2,1-3H3;2*1-2H3. The van der Waals surface area contributed by atoms with Crippen LogP contribution in [0.4, 0.5) is 0 Å². The number of methoxy groups -OCH3 is 1. The average molecular weight is 265 g/mol. The topological polar surface area (TPSA) is 42.2 Å². The minimum atomic E-state index is 0.0744. The summed E-state index contributed by atoms with van der Waals surface area (Å²) < 4.78 is 10.5. The minimum Gasteiger partial charge on any atom is -0.490 e. The maximum Gasteiger partial charge on any atom is 0.137 e. The van der Waals surface area contributed by atoms with Crippen LogP contribution in [-0.2, 0) is 11.3 Å². The fraction of sp³-hybridized carbons (Fsp3) is 0.562. The van der Waals surface area contributed by atoms with Crippen LogP contribution in [0.15, 0.2) is 18.2 Å². The van der Waals surface area contributed by atoms with E-state index in [2.05, 4.69) is 6.07 Å². The second-order valence-corrected chi connectivity index (χ2v) is 3.54. The summed E-state index contributed by atoms with van der Waals surface area (Å²) in [7, 11) is 1.63. The molecule has 0 unspecified atom stereocenters. The molecule has 3 nitrogen and oxygen atoms in total. The molecule has 108 valence electrons. The summed E-state index contributed by atoms with van der Waals surface area (Å²) in [5.41, 5.74) is 1.53. The summed E-state index contributed by atoms with van der Waals surface area (Å²) in [6.45, 7) is 12.4. The zero-order valence-corrected chi connectivity index (χ0v) is 13.3. The molecule has 1 aromatic rings. The Kier molecular flexibility index (Phi) is 13.5. The van der Waals surface area contributed by atoms with Gasteiger partial charge < -0.3 is 9.47 Å². The Labute approximate surface area is 118 Å². The summed E-state index contributed by atoms with van der Waals surface area (Å²) in [5, 5.41) is 8.95. The van der Waals surface area contributed by atoms with Crippen LogP contribution in [0.3, 0.4) is 0 Å². The first-order valence-electron chi connectivity index (χ1n) is 6.86. The van der Waals surface area contributed by atoms with Gasteiger partial charge in [-0.15, -0.1) is 0 Å². The second-order valence-electron chi connectivity index (χ2n) is 3.54. The number of nitriles is 1. The largest absolute Gasteiger partial charge is 0.490 e. The van der Waals surface area contributed by atoms with Crippen molar-refractivity contribution >= 4 is 0 Å². The van der Waals surface area contributed by atoms with Crippen molar-refractivity contribution in [1.29, 1.82) is 5.26 Å². The van der Waals surface area contributed by atoms with Crippen molar-refractivity contribution in [3.05, 3.63) is 29.3 Å². The van der Waals surface area contributed by atoms with E-state index in [1.165, 1.54) is 0 Å². The van der Waals surface area contributed by atoms with Crippen molar-refractivity contribution in [2.75, 3.05) is 7.11 Å². The molecule has 19 heavy (non-hydrogen) atoms. The van der Waals surface area contributed by atoms with E-state index in [1.807, 2.05) is 53.7 Å². The van der Waals surface area contributed by atoms with E-state index >= 15 is 0 Å². The molecule has 0 aliphatic carbocycles. The van der Waals surface area contributed by atoms with Crippen molar-refractivity contribution in [3.8, 4) is 11.8 Å². The van der Waals surface area contributed by atoms with Crippen LogP contribution in [0.2, 0.25) is 0 Å². The lowest BCUT2D eigenvalue weighted by molar-refractivity contribution is 0.184. The number of nitrogens with zero attached hydrogens (tertiary/aromatic N) is 1. The highest BCUT2D eigenvalue weighted by atomic mass is 16.5. The van der Waals surface area contributed by atoms with Crippen LogP contribution in [0.25, 0.3) is 0 Å². The monoisotopic (exact) mass is 265 g/mol. The molecule has 0 aliphatic rings. The molecule has 1 aromatic carbocycles. The fourth-order valence-electron chi connectivity index (χ4n) is 1.28. The number of hydrogen-bond donors (Lipinski definition) is 0. The van der Waals surface area contributed by atoms with Crippen molar-refractivity contribution in [2.24, 2.45) is 0 Å². The number of hydrogen-bond acceptors (Lipinski definition) is 3. The third-order valence-corrected chi connectivity index (χ3v) is 1.84. The second kappa shape index (κ2) is 12.9. The van der Waals surface area contributed by atoms with E-state index in [4.69, 9.17) is 14.7 Å². The number of ether oxygens (including phenoxy) is 2. The van der Waals surface area contributed by atoms with Gasteiger partial charge in [0.1, 0.15) is 11.8 Å². The maximum atomic E-state index is 8.95.